The molecule has 0 radical (unpaired) electrons. The summed E-state index contributed by atoms with van der Waals surface area (Å²) in [4.78, 5) is 10.1. The fourth-order valence-electron chi connectivity index (χ4n) is 0.640. The first-order valence-electron chi connectivity index (χ1n) is 3.22. The Hall–Kier alpha value is -1.14. The molecule has 0 saturated heterocycles. The van der Waals surface area contributed by atoms with E-state index in [1.165, 1.54) is 6.07 Å². The standard InChI is InChI=1S/C7H6O4S2/c8-6(9)3-5-13(10,11)7-2-1-4-12-7/h1-5H,(H,8,9)/b5-3+. The molecule has 1 rings (SSSR count). The van der Waals surface area contributed by atoms with Crippen molar-refractivity contribution >= 4 is 27.1 Å². The number of carbonyl (C=O) groups is 1. The molecule has 4 nitrogen and oxygen atoms in total. The Kier molecular flexibility index (Phi) is 2.84. The van der Waals surface area contributed by atoms with Gasteiger partial charge >= 0.3 is 5.97 Å². The molecule has 1 aromatic heterocycles. The zero-order chi connectivity index (χ0) is 9.90. The number of carboxylic acid groups (broad SMARTS) is 1. The van der Waals surface area contributed by atoms with Gasteiger partial charge in [0.25, 0.3) is 0 Å². The van der Waals surface area contributed by atoms with Crippen LogP contribution in [0.2, 0.25) is 0 Å². The zero-order valence-electron chi connectivity index (χ0n) is 6.38. The smallest absolute Gasteiger partial charge is 0.329 e. The fourth-order valence-corrected chi connectivity index (χ4v) is 2.66. The van der Waals surface area contributed by atoms with Crippen LogP contribution < -0.4 is 0 Å². The maximum absolute atomic E-state index is 11.3. The third-order valence-corrected chi connectivity index (χ3v) is 4.00. The predicted molar refractivity (Wildman–Crippen MR) is 48.3 cm³/mol. The lowest BCUT2D eigenvalue weighted by Gasteiger charge is -1.90. The molecule has 1 aromatic rings. The van der Waals surface area contributed by atoms with Gasteiger partial charge in [0.15, 0.2) is 0 Å². The minimum absolute atomic E-state index is 0.144. The Morgan fingerprint density at radius 3 is 2.69 bits per heavy atom. The predicted octanol–water partition coefficient (Wildman–Crippen LogP) is 1.12. The molecule has 1 heterocycles. The van der Waals surface area contributed by atoms with E-state index < -0.39 is 15.8 Å². The lowest BCUT2D eigenvalue weighted by Crippen LogP contribution is -1.95. The van der Waals surface area contributed by atoms with Crippen molar-refractivity contribution in [2.75, 3.05) is 0 Å². The molecular formula is C7H6O4S2. The lowest BCUT2D eigenvalue weighted by atomic mass is 10.7. The van der Waals surface area contributed by atoms with Crippen LogP contribution in [-0.4, -0.2) is 19.5 Å². The van der Waals surface area contributed by atoms with E-state index in [4.69, 9.17) is 5.11 Å². The molecule has 0 aliphatic rings. The van der Waals surface area contributed by atoms with Crippen molar-refractivity contribution in [3.8, 4) is 0 Å². The van der Waals surface area contributed by atoms with E-state index in [1.807, 2.05) is 0 Å². The summed E-state index contributed by atoms with van der Waals surface area (Å²) < 4.78 is 22.7. The first-order chi connectivity index (χ1) is 6.02. The van der Waals surface area contributed by atoms with Crippen LogP contribution >= 0.6 is 11.3 Å². The second-order valence-electron chi connectivity index (χ2n) is 2.12. The summed E-state index contributed by atoms with van der Waals surface area (Å²) in [6, 6.07) is 3.01. The molecule has 70 valence electrons. The van der Waals surface area contributed by atoms with Gasteiger partial charge in [-0.1, -0.05) is 6.07 Å². The minimum Gasteiger partial charge on any atom is -0.478 e. The van der Waals surface area contributed by atoms with Crippen LogP contribution in [0.25, 0.3) is 0 Å². The van der Waals surface area contributed by atoms with Gasteiger partial charge in [0.1, 0.15) is 4.21 Å². The Morgan fingerprint density at radius 1 is 1.54 bits per heavy atom. The molecule has 0 fully saturated rings. The average Bonchev–Trinajstić information content (AvgIpc) is 2.53. The SMILES string of the molecule is O=C(O)/C=C/S(=O)(=O)c1cccs1. The summed E-state index contributed by atoms with van der Waals surface area (Å²) >= 11 is 1.05. The van der Waals surface area contributed by atoms with Crippen LogP contribution in [0.1, 0.15) is 0 Å². The highest BCUT2D eigenvalue weighted by Crippen LogP contribution is 2.17. The number of aliphatic carboxylic acids is 1. The summed E-state index contributed by atoms with van der Waals surface area (Å²) in [6.07, 6.45) is 0.606. The van der Waals surface area contributed by atoms with Gasteiger partial charge in [0, 0.05) is 11.5 Å². The van der Waals surface area contributed by atoms with Crippen molar-refractivity contribution in [1.29, 1.82) is 0 Å². The lowest BCUT2D eigenvalue weighted by molar-refractivity contribution is -0.131. The van der Waals surface area contributed by atoms with Gasteiger partial charge in [-0.05, 0) is 11.4 Å². The van der Waals surface area contributed by atoms with E-state index in [9.17, 15) is 13.2 Å². The van der Waals surface area contributed by atoms with Gasteiger partial charge in [-0.15, -0.1) is 11.3 Å². The topological polar surface area (TPSA) is 71.4 Å². The number of rotatable bonds is 3. The summed E-state index contributed by atoms with van der Waals surface area (Å²) in [5, 5.41) is 10.5. The summed E-state index contributed by atoms with van der Waals surface area (Å²) in [6.45, 7) is 0. The molecule has 0 bridgehead atoms. The molecule has 6 heteroatoms. The van der Waals surface area contributed by atoms with Crippen LogP contribution in [0.15, 0.2) is 33.2 Å². The highest BCUT2D eigenvalue weighted by atomic mass is 32.2. The second-order valence-corrected chi connectivity index (χ2v) is 5.13. The maximum atomic E-state index is 11.3. The van der Waals surface area contributed by atoms with Crippen molar-refractivity contribution < 1.29 is 18.3 Å². The Balaban J connectivity index is 2.98. The Morgan fingerprint density at radius 2 is 2.23 bits per heavy atom. The second kappa shape index (κ2) is 3.71. The van der Waals surface area contributed by atoms with Crippen molar-refractivity contribution in [1.82, 2.24) is 0 Å². The largest absolute Gasteiger partial charge is 0.478 e. The van der Waals surface area contributed by atoms with Crippen LogP contribution in [0.5, 0.6) is 0 Å². The highest BCUT2D eigenvalue weighted by molar-refractivity contribution is 7.96. The van der Waals surface area contributed by atoms with Crippen molar-refractivity contribution in [2.24, 2.45) is 0 Å². The van der Waals surface area contributed by atoms with E-state index in [2.05, 4.69) is 0 Å². The van der Waals surface area contributed by atoms with Crippen LogP contribution in [0.3, 0.4) is 0 Å². The quantitative estimate of drug-likeness (QED) is 0.772. The average molecular weight is 218 g/mol. The molecular weight excluding hydrogens is 212 g/mol. The summed E-state index contributed by atoms with van der Waals surface area (Å²) in [5.41, 5.74) is 0. The number of sulfone groups is 1. The minimum atomic E-state index is -3.55. The normalized spacial score (nSPS) is 12.0. The van der Waals surface area contributed by atoms with Crippen LogP contribution in [0, 0.1) is 0 Å². The third-order valence-electron chi connectivity index (χ3n) is 1.17. The first kappa shape index (κ1) is 9.94. The third kappa shape index (κ3) is 2.67. The van der Waals surface area contributed by atoms with Crippen LogP contribution in [0.4, 0.5) is 0 Å². The zero-order valence-corrected chi connectivity index (χ0v) is 8.01. The molecule has 13 heavy (non-hydrogen) atoms. The number of thiophene rings is 1. The Labute approximate surface area is 79.1 Å². The van der Waals surface area contributed by atoms with Gasteiger partial charge in [-0.2, -0.15) is 0 Å². The van der Waals surface area contributed by atoms with Gasteiger partial charge in [0.2, 0.25) is 9.84 Å². The molecule has 0 aliphatic carbocycles. The maximum Gasteiger partial charge on any atom is 0.329 e. The molecule has 0 spiro atoms. The van der Waals surface area contributed by atoms with Crippen molar-refractivity contribution in [2.45, 2.75) is 4.21 Å². The van der Waals surface area contributed by atoms with Crippen LogP contribution in [-0.2, 0) is 14.6 Å². The van der Waals surface area contributed by atoms with E-state index in [0.717, 1.165) is 11.3 Å². The van der Waals surface area contributed by atoms with Crippen molar-refractivity contribution in [3.05, 3.63) is 29.0 Å². The fraction of sp³-hybridized carbons (Fsp3) is 0. The monoisotopic (exact) mass is 218 g/mol. The summed E-state index contributed by atoms with van der Waals surface area (Å²) in [5.74, 6) is -1.28. The summed E-state index contributed by atoms with van der Waals surface area (Å²) in [7, 11) is -3.55. The molecule has 1 N–H and O–H groups in total. The molecule has 0 saturated carbocycles. The molecule has 0 aromatic carbocycles. The highest BCUT2D eigenvalue weighted by Gasteiger charge is 2.10. The van der Waals surface area contributed by atoms with Gasteiger partial charge in [-0.3, -0.25) is 0 Å². The number of carboxylic acids is 1. The van der Waals surface area contributed by atoms with Crippen molar-refractivity contribution in [3.63, 3.8) is 0 Å². The molecule has 0 amide bonds. The van der Waals surface area contributed by atoms with Gasteiger partial charge < -0.3 is 5.11 Å². The van der Waals surface area contributed by atoms with Gasteiger partial charge in [0.05, 0.1) is 0 Å². The van der Waals surface area contributed by atoms with E-state index in [-0.39, 0.29) is 4.21 Å². The van der Waals surface area contributed by atoms with Gasteiger partial charge in [-0.25, -0.2) is 13.2 Å². The molecule has 0 atom stereocenters. The van der Waals surface area contributed by atoms with E-state index >= 15 is 0 Å². The van der Waals surface area contributed by atoms with E-state index in [0.29, 0.717) is 11.5 Å². The molecule has 0 unspecified atom stereocenters. The number of hydrogen-bond acceptors (Lipinski definition) is 4. The Bertz CT molecular complexity index is 413. The first-order valence-corrected chi connectivity index (χ1v) is 5.64. The molecule has 0 aliphatic heterocycles. The van der Waals surface area contributed by atoms with E-state index in [1.54, 1.807) is 11.4 Å². The number of hydrogen-bond donors (Lipinski definition) is 1.